The third kappa shape index (κ3) is 5.19. The second-order valence-corrected chi connectivity index (χ2v) is 4.32. The van der Waals surface area contributed by atoms with E-state index in [1.807, 2.05) is 24.3 Å². The van der Waals surface area contributed by atoms with Crippen LogP contribution in [-0.2, 0) is 16.1 Å². The van der Waals surface area contributed by atoms with Crippen molar-refractivity contribution in [2.75, 3.05) is 13.7 Å². The van der Waals surface area contributed by atoms with E-state index in [0.29, 0.717) is 12.6 Å². The van der Waals surface area contributed by atoms with E-state index in [1.165, 1.54) is 7.11 Å². The molecule has 0 aromatic heterocycles. The molecule has 100 valence electrons. The van der Waals surface area contributed by atoms with Gasteiger partial charge in [0.15, 0.2) is 0 Å². The summed E-state index contributed by atoms with van der Waals surface area (Å²) in [6, 6.07) is 8.25. The molecule has 1 N–H and O–H groups in total. The molecular weight excluding hydrogens is 230 g/mol. The molecule has 1 aromatic carbocycles. The van der Waals surface area contributed by atoms with Crippen molar-refractivity contribution in [2.45, 2.75) is 32.9 Å². The highest BCUT2D eigenvalue weighted by molar-refractivity contribution is 5.69. The lowest BCUT2D eigenvalue weighted by Gasteiger charge is -2.13. The SMILES string of the molecule is COC(=O)CCOc1ccccc1CNC(C)C. The van der Waals surface area contributed by atoms with Crippen molar-refractivity contribution in [1.29, 1.82) is 0 Å². The van der Waals surface area contributed by atoms with Crippen LogP contribution in [0, 0.1) is 0 Å². The molecule has 18 heavy (non-hydrogen) atoms. The maximum Gasteiger partial charge on any atom is 0.308 e. The van der Waals surface area contributed by atoms with Crippen LogP contribution >= 0.6 is 0 Å². The first-order valence-electron chi connectivity index (χ1n) is 6.14. The van der Waals surface area contributed by atoms with Crippen LogP contribution < -0.4 is 10.1 Å². The van der Waals surface area contributed by atoms with Gasteiger partial charge in [0.05, 0.1) is 20.1 Å². The minimum atomic E-state index is -0.257. The Labute approximate surface area is 108 Å². The van der Waals surface area contributed by atoms with Gasteiger partial charge in [-0.3, -0.25) is 4.79 Å². The summed E-state index contributed by atoms with van der Waals surface area (Å²) in [4.78, 5) is 11.0. The minimum Gasteiger partial charge on any atom is -0.493 e. The van der Waals surface area contributed by atoms with E-state index in [9.17, 15) is 4.79 Å². The molecule has 0 unspecified atom stereocenters. The second-order valence-electron chi connectivity index (χ2n) is 4.32. The van der Waals surface area contributed by atoms with Crippen LogP contribution in [0.5, 0.6) is 5.75 Å². The Bertz CT molecular complexity index is 377. The first-order chi connectivity index (χ1) is 8.63. The van der Waals surface area contributed by atoms with E-state index in [1.54, 1.807) is 0 Å². The van der Waals surface area contributed by atoms with Crippen molar-refractivity contribution in [3.8, 4) is 5.75 Å². The molecule has 0 amide bonds. The van der Waals surface area contributed by atoms with E-state index < -0.39 is 0 Å². The molecule has 0 saturated heterocycles. The highest BCUT2D eigenvalue weighted by atomic mass is 16.5. The average molecular weight is 251 g/mol. The van der Waals surface area contributed by atoms with Gasteiger partial charge in [-0.1, -0.05) is 32.0 Å². The number of esters is 1. The van der Waals surface area contributed by atoms with E-state index in [0.717, 1.165) is 17.9 Å². The zero-order chi connectivity index (χ0) is 13.4. The van der Waals surface area contributed by atoms with Gasteiger partial charge in [-0.15, -0.1) is 0 Å². The van der Waals surface area contributed by atoms with Gasteiger partial charge in [0.2, 0.25) is 0 Å². The Morgan fingerprint density at radius 3 is 2.72 bits per heavy atom. The lowest BCUT2D eigenvalue weighted by Crippen LogP contribution is -2.22. The molecule has 0 aliphatic rings. The molecule has 1 aromatic rings. The van der Waals surface area contributed by atoms with Crippen LogP contribution in [0.1, 0.15) is 25.8 Å². The Balaban J connectivity index is 2.50. The first kappa shape index (κ1) is 14.5. The number of hydrogen-bond donors (Lipinski definition) is 1. The van der Waals surface area contributed by atoms with E-state index in [2.05, 4.69) is 23.9 Å². The molecule has 0 saturated carbocycles. The van der Waals surface area contributed by atoms with Crippen molar-refractivity contribution in [2.24, 2.45) is 0 Å². The number of rotatable bonds is 7. The molecular formula is C14H21NO3. The number of benzene rings is 1. The van der Waals surface area contributed by atoms with Crippen molar-refractivity contribution < 1.29 is 14.3 Å². The zero-order valence-corrected chi connectivity index (χ0v) is 11.2. The molecule has 0 spiro atoms. The zero-order valence-electron chi connectivity index (χ0n) is 11.2. The second kappa shape index (κ2) is 7.71. The number of ether oxygens (including phenoxy) is 2. The largest absolute Gasteiger partial charge is 0.493 e. The van der Waals surface area contributed by atoms with E-state index >= 15 is 0 Å². The number of methoxy groups -OCH3 is 1. The lowest BCUT2D eigenvalue weighted by atomic mass is 10.2. The van der Waals surface area contributed by atoms with Crippen LogP contribution in [0.15, 0.2) is 24.3 Å². The topological polar surface area (TPSA) is 47.6 Å². The summed E-state index contributed by atoms with van der Waals surface area (Å²) in [5, 5.41) is 3.34. The highest BCUT2D eigenvalue weighted by Crippen LogP contribution is 2.18. The molecule has 4 heteroatoms. The predicted octanol–water partition coefficient (Wildman–Crippen LogP) is 2.13. The van der Waals surface area contributed by atoms with Gasteiger partial charge in [0.1, 0.15) is 5.75 Å². The van der Waals surface area contributed by atoms with Gasteiger partial charge in [0, 0.05) is 18.2 Å². The van der Waals surface area contributed by atoms with Crippen molar-refractivity contribution in [3.63, 3.8) is 0 Å². The summed E-state index contributed by atoms with van der Waals surface area (Å²) in [5.41, 5.74) is 1.09. The molecule has 4 nitrogen and oxygen atoms in total. The third-order valence-electron chi connectivity index (χ3n) is 2.46. The molecule has 0 atom stereocenters. The molecule has 0 fully saturated rings. The molecule has 0 bridgehead atoms. The van der Waals surface area contributed by atoms with Crippen molar-refractivity contribution >= 4 is 5.97 Å². The van der Waals surface area contributed by atoms with Crippen LogP contribution in [0.25, 0.3) is 0 Å². The van der Waals surface area contributed by atoms with Crippen LogP contribution in [-0.4, -0.2) is 25.7 Å². The summed E-state index contributed by atoms with van der Waals surface area (Å²) in [5.74, 6) is 0.558. The number of para-hydroxylation sites is 1. The van der Waals surface area contributed by atoms with Crippen LogP contribution in [0.3, 0.4) is 0 Å². The molecule has 1 rings (SSSR count). The maximum atomic E-state index is 11.0. The van der Waals surface area contributed by atoms with Crippen molar-refractivity contribution in [3.05, 3.63) is 29.8 Å². The summed E-state index contributed by atoms with van der Waals surface area (Å²) < 4.78 is 10.2. The van der Waals surface area contributed by atoms with Crippen LogP contribution in [0.2, 0.25) is 0 Å². The highest BCUT2D eigenvalue weighted by Gasteiger charge is 2.05. The van der Waals surface area contributed by atoms with Gasteiger partial charge in [0.25, 0.3) is 0 Å². The maximum absolute atomic E-state index is 11.0. The third-order valence-corrected chi connectivity index (χ3v) is 2.46. The molecule has 0 heterocycles. The van der Waals surface area contributed by atoms with Gasteiger partial charge in [-0.25, -0.2) is 0 Å². The Morgan fingerprint density at radius 2 is 2.06 bits per heavy atom. The fourth-order valence-corrected chi connectivity index (χ4v) is 1.45. The summed E-state index contributed by atoms with van der Waals surface area (Å²) in [6.45, 7) is 5.29. The van der Waals surface area contributed by atoms with Gasteiger partial charge >= 0.3 is 5.97 Å². The van der Waals surface area contributed by atoms with Gasteiger partial charge < -0.3 is 14.8 Å². The normalized spacial score (nSPS) is 10.4. The Kier molecular flexibility index (Phi) is 6.22. The number of carbonyl (C=O) groups is 1. The first-order valence-corrected chi connectivity index (χ1v) is 6.14. The minimum absolute atomic E-state index is 0.257. The smallest absolute Gasteiger partial charge is 0.308 e. The predicted molar refractivity (Wildman–Crippen MR) is 70.5 cm³/mol. The number of nitrogens with one attached hydrogen (secondary N) is 1. The fraction of sp³-hybridized carbons (Fsp3) is 0.500. The van der Waals surface area contributed by atoms with Gasteiger partial charge in [-0.05, 0) is 6.07 Å². The number of carbonyl (C=O) groups excluding carboxylic acids is 1. The van der Waals surface area contributed by atoms with E-state index in [-0.39, 0.29) is 12.4 Å². The summed E-state index contributed by atoms with van der Waals surface area (Å²) in [6.07, 6.45) is 0.266. The standard InChI is InChI=1S/C14H21NO3/c1-11(2)15-10-12-6-4-5-7-13(12)18-9-8-14(16)17-3/h4-7,11,15H,8-10H2,1-3H3. The van der Waals surface area contributed by atoms with Crippen molar-refractivity contribution in [1.82, 2.24) is 5.32 Å². The number of hydrogen-bond acceptors (Lipinski definition) is 4. The Hall–Kier alpha value is -1.55. The lowest BCUT2D eigenvalue weighted by molar-refractivity contribution is -0.141. The molecule has 0 radical (unpaired) electrons. The average Bonchev–Trinajstić information content (AvgIpc) is 2.37. The Morgan fingerprint density at radius 1 is 1.33 bits per heavy atom. The fourth-order valence-electron chi connectivity index (χ4n) is 1.45. The quantitative estimate of drug-likeness (QED) is 0.754. The summed E-state index contributed by atoms with van der Waals surface area (Å²) in [7, 11) is 1.38. The van der Waals surface area contributed by atoms with E-state index in [4.69, 9.17) is 4.74 Å². The van der Waals surface area contributed by atoms with Crippen LogP contribution in [0.4, 0.5) is 0 Å². The monoisotopic (exact) mass is 251 g/mol. The molecule has 0 aliphatic heterocycles. The van der Waals surface area contributed by atoms with Gasteiger partial charge in [-0.2, -0.15) is 0 Å². The summed E-state index contributed by atoms with van der Waals surface area (Å²) >= 11 is 0. The molecule has 0 aliphatic carbocycles.